The second-order valence-corrected chi connectivity index (χ2v) is 6.69. The van der Waals surface area contributed by atoms with Gasteiger partial charge in [-0.1, -0.05) is 11.6 Å². The Morgan fingerprint density at radius 2 is 2.13 bits per heavy atom. The molecule has 4 rings (SSSR count). The Balaban J connectivity index is 1.47. The number of anilines is 1. The topological polar surface area (TPSA) is 51.1 Å². The van der Waals surface area contributed by atoms with Crippen LogP contribution in [0.15, 0.2) is 24.5 Å². The first-order valence-corrected chi connectivity index (χ1v) is 8.43. The molecule has 5 nitrogen and oxygen atoms in total. The van der Waals surface area contributed by atoms with Gasteiger partial charge in [-0.15, -0.1) is 0 Å². The first-order chi connectivity index (χ1) is 11.2. The number of pyridine rings is 1. The molecule has 2 aromatic rings. The first-order valence-electron chi connectivity index (χ1n) is 8.06. The molecule has 0 bridgehead atoms. The predicted octanol–water partition coefficient (Wildman–Crippen LogP) is 3.37. The number of aromatic nitrogens is 3. The van der Waals surface area contributed by atoms with Gasteiger partial charge in [0.05, 0.1) is 6.54 Å². The van der Waals surface area contributed by atoms with Crippen LogP contribution >= 0.6 is 11.6 Å². The lowest BCUT2D eigenvalue weighted by Gasteiger charge is -2.19. The van der Waals surface area contributed by atoms with E-state index in [0.717, 1.165) is 36.8 Å². The Morgan fingerprint density at radius 1 is 1.26 bits per heavy atom. The molecule has 0 N–H and O–H groups in total. The van der Waals surface area contributed by atoms with E-state index < -0.39 is 0 Å². The van der Waals surface area contributed by atoms with E-state index in [2.05, 4.69) is 20.9 Å². The maximum Gasteiger partial charge on any atom is 0.141 e. The molecule has 6 heteroatoms. The van der Waals surface area contributed by atoms with Gasteiger partial charge in [-0.25, -0.2) is 9.97 Å². The number of rotatable bonds is 4. The Hall–Kier alpha value is -1.88. The minimum atomic E-state index is 0.120. The highest BCUT2D eigenvalue weighted by Crippen LogP contribution is 2.39. The summed E-state index contributed by atoms with van der Waals surface area (Å²) in [6.07, 6.45) is 6.82. The quantitative estimate of drug-likeness (QED) is 0.860. The summed E-state index contributed by atoms with van der Waals surface area (Å²) in [6, 6.07) is 3.87. The van der Waals surface area contributed by atoms with Crippen LogP contribution in [0.3, 0.4) is 0 Å². The number of hydrogen-bond donors (Lipinski definition) is 0. The summed E-state index contributed by atoms with van der Waals surface area (Å²) in [6.45, 7) is 3.80. The number of nitrogens with zero attached hydrogens (tertiary/aromatic N) is 4. The van der Waals surface area contributed by atoms with Gasteiger partial charge in [-0.05, 0) is 19.8 Å². The minimum absolute atomic E-state index is 0.120. The van der Waals surface area contributed by atoms with Crippen LogP contribution in [0.5, 0.6) is 5.75 Å². The van der Waals surface area contributed by atoms with Crippen molar-refractivity contribution in [2.75, 3.05) is 18.0 Å². The highest BCUT2D eigenvalue weighted by atomic mass is 35.5. The van der Waals surface area contributed by atoms with Crippen molar-refractivity contribution in [3.63, 3.8) is 0 Å². The molecular weight excluding hydrogens is 312 g/mol. The van der Waals surface area contributed by atoms with Gasteiger partial charge in [-0.3, -0.25) is 4.98 Å². The third-order valence-electron chi connectivity index (χ3n) is 4.30. The summed E-state index contributed by atoms with van der Waals surface area (Å²) in [7, 11) is 0. The van der Waals surface area contributed by atoms with E-state index in [-0.39, 0.29) is 6.10 Å². The molecule has 2 fully saturated rings. The standard InChI is InChI=1S/C17H19ClN4O/c1-11-8-16(21-17(20-11)12-2-3-12)22-7-5-13(10-22)23-15-4-6-19-9-14(15)18/h4,6,8-9,12-13H,2-3,5,7,10H2,1H3. The van der Waals surface area contributed by atoms with Gasteiger partial charge in [0.15, 0.2) is 0 Å². The molecule has 1 saturated heterocycles. The molecule has 1 aliphatic heterocycles. The van der Waals surface area contributed by atoms with Crippen molar-refractivity contribution in [1.29, 1.82) is 0 Å². The van der Waals surface area contributed by atoms with E-state index in [4.69, 9.17) is 21.3 Å². The molecule has 1 atom stereocenters. The second-order valence-electron chi connectivity index (χ2n) is 6.28. The van der Waals surface area contributed by atoms with Crippen LogP contribution in [-0.2, 0) is 0 Å². The van der Waals surface area contributed by atoms with Crippen LogP contribution < -0.4 is 9.64 Å². The molecule has 3 heterocycles. The highest BCUT2D eigenvalue weighted by Gasteiger charge is 2.30. The molecule has 2 aliphatic rings. The van der Waals surface area contributed by atoms with Gasteiger partial charge in [0.1, 0.15) is 28.5 Å². The second kappa shape index (κ2) is 5.96. The minimum Gasteiger partial charge on any atom is -0.487 e. The fraction of sp³-hybridized carbons (Fsp3) is 0.471. The van der Waals surface area contributed by atoms with Crippen LogP contribution in [0, 0.1) is 6.92 Å². The maximum atomic E-state index is 6.12. The molecule has 120 valence electrons. The molecule has 0 amide bonds. The Labute approximate surface area is 140 Å². The fourth-order valence-corrected chi connectivity index (χ4v) is 3.09. The van der Waals surface area contributed by atoms with E-state index in [1.807, 2.05) is 13.0 Å². The highest BCUT2D eigenvalue weighted by molar-refractivity contribution is 6.31. The van der Waals surface area contributed by atoms with Gasteiger partial charge in [0.2, 0.25) is 0 Å². The number of halogens is 1. The molecule has 0 spiro atoms. The average Bonchev–Trinajstić information content (AvgIpc) is 3.29. The van der Waals surface area contributed by atoms with Crippen LogP contribution in [-0.4, -0.2) is 34.1 Å². The van der Waals surface area contributed by atoms with Crippen molar-refractivity contribution in [3.05, 3.63) is 41.1 Å². The van der Waals surface area contributed by atoms with Crippen molar-refractivity contribution in [3.8, 4) is 5.75 Å². The number of ether oxygens (including phenoxy) is 1. The molecule has 1 saturated carbocycles. The molecule has 1 unspecified atom stereocenters. The van der Waals surface area contributed by atoms with Crippen molar-refractivity contribution >= 4 is 17.4 Å². The smallest absolute Gasteiger partial charge is 0.141 e. The first kappa shape index (κ1) is 14.7. The van der Waals surface area contributed by atoms with E-state index in [9.17, 15) is 0 Å². The van der Waals surface area contributed by atoms with Crippen molar-refractivity contribution in [1.82, 2.24) is 15.0 Å². The lowest BCUT2D eigenvalue weighted by atomic mass is 10.3. The third-order valence-corrected chi connectivity index (χ3v) is 4.58. The van der Waals surface area contributed by atoms with E-state index in [0.29, 0.717) is 16.7 Å². The lowest BCUT2D eigenvalue weighted by Crippen LogP contribution is -2.25. The third kappa shape index (κ3) is 3.24. The Bertz CT molecular complexity index is 719. The summed E-state index contributed by atoms with van der Waals surface area (Å²) >= 11 is 6.12. The van der Waals surface area contributed by atoms with Gasteiger partial charge in [0.25, 0.3) is 0 Å². The summed E-state index contributed by atoms with van der Waals surface area (Å²) < 4.78 is 6.02. The molecule has 23 heavy (non-hydrogen) atoms. The summed E-state index contributed by atoms with van der Waals surface area (Å²) in [4.78, 5) is 15.6. The van der Waals surface area contributed by atoms with Gasteiger partial charge >= 0.3 is 0 Å². The molecule has 0 radical (unpaired) electrons. The van der Waals surface area contributed by atoms with Crippen LogP contribution in [0.25, 0.3) is 0 Å². The van der Waals surface area contributed by atoms with Crippen LogP contribution in [0.2, 0.25) is 5.02 Å². The monoisotopic (exact) mass is 330 g/mol. The number of hydrogen-bond acceptors (Lipinski definition) is 5. The number of aryl methyl sites for hydroxylation is 1. The lowest BCUT2D eigenvalue weighted by molar-refractivity contribution is 0.225. The van der Waals surface area contributed by atoms with E-state index >= 15 is 0 Å². The van der Waals surface area contributed by atoms with Gasteiger partial charge < -0.3 is 9.64 Å². The summed E-state index contributed by atoms with van der Waals surface area (Å²) in [5.74, 6) is 3.29. The van der Waals surface area contributed by atoms with E-state index in [1.54, 1.807) is 12.4 Å². The molecule has 1 aliphatic carbocycles. The molecule has 0 aromatic carbocycles. The van der Waals surface area contributed by atoms with Crippen molar-refractivity contribution < 1.29 is 4.74 Å². The zero-order valence-corrected chi connectivity index (χ0v) is 13.8. The Morgan fingerprint density at radius 3 is 2.91 bits per heavy atom. The fourth-order valence-electron chi connectivity index (χ4n) is 2.93. The molecular formula is C17H19ClN4O. The normalized spacial score (nSPS) is 20.8. The zero-order valence-electron chi connectivity index (χ0n) is 13.1. The average molecular weight is 331 g/mol. The SMILES string of the molecule is Cc1cc(N2CCC(Oc3ccncc3Cl)C2)nc(C2CC2)n1. The van der Waals surface area contributed by atoms with Gasteiger partial charge in [0, 0.05) is 49.1 Å². The van der Waals surface area contributed by atoms with Crippen LogP contribution in [0.1, 0.15) is 36.7 Å². The predicted molar refractivity (Wildman–Crippen MR) is 89.2 cm³/mol. The van der Waals surface area contributed by atoms with Crippen molar-refractivity contribution in [2.45, 2.75) is 38.2 Å². The van der Waals surface area contributed by atoms with E-state index in [1.165, 1.54) is 12.8 Å². The van der Waals surface area contributed by atoms with Crippen molar-refractivity contribution in [2.24, 2.45) is 0 Å². The summed E-state index contributed by atoms with van der Waals surface area (Å²) in [5.41, 5.74) is 1.04. The largest absolute Gasteiger partial charge is 0.487 e. The summed E-state index contributed by atoms with van der Waals surface area (Å²) in [5, 5.41) is 0.555. The maximum absolute atomic E-state index is 6.12. The van der Waals surface area contributed by atoms with Crippen LogP contribution in [0.4, 0.5) is 5.82 Å². The zero-order chi connectivity index (χ0) is 15.8. The van der Waals surface area contributed by atoms with Gasteiger partial charge in [-0.2, -0.15) is 0 Å². The Kier molecular flexibility index (Phi) is 3.81. The molecule has 2 aromatic heterocycles.